The van der Waals surface area contributed by atoms with E-state index < -0.39 is 10.0 Å². The third kappa shape index (κ3) is 3.47. The molecule has 0 spiro atoms. The minimum absolute atomic E-state index is 0.0279. The van der Waals surface area contributed by atoms with E-state index in [2.05, 4.69) is 26.0 Å². The molecule has 0 saturated carbocycles. The Hall–Kier alpha value is -0.630. The Kier molecular flexibility index (Phi) is 4.50. The van der Waals surface area contributed by atoms with Crippen molar-refractivity contribution < 1.29 is 8.42 Å². The van der Waals surface area contributed by atoms with E-state index in [0.29, 0.717) is 11.0 Å². The third-order valence-corrected chi connectivity index (χ3v) is 5.62. The number of rotatable bonds is 4. The molecule has 1 saturated heterocycles. The van der Waals surface area contributed by atoms with Gasteiger partial charge in [-0.05, 0) is 47.1 Å². The number of sulfonamides is 1. The van der Waals surface area contributed by atoms with Crippen molar-refractivity contribution in [2.45, 2.75) is 17.4 Å². The highest BCUT2D eigenvalue weighted by Gasteiger charge is 2.24. The van der Waals surface area contributed by atoms with Gasteiger partial charge in [0, 0.05) is 36.8 Å². The van der Waals surface area contributed by atoms with Gasteiger partial charge in [0.15, 0.2) is 0 Å². The minimum Gasteiger partial charge on any atom is -0.378 e. The first kappa shape index (κ1) is 14.8. The van der Waals surface area contributed by atoms with Gasteiger partial charge in [-0.1, -0.05) is 0 Å². The van der Waals surface area contributed by atoms with Crippen LogP contribution in [0, 0.1) is 0 Å². The Labute approximate surface area is 122 Å². The van der Waals surface area contributed by atoms with E-state index in [1.165, 1.54) is 0 Å². The zero-order chi connectivity index (χ0) is 14.0. The first-order valence-electron chi connectivity index (χ1n) is 6.10. The fourth-order valence-corrected chi connectivity index (χ4v) is 4.27. The second kappa shape index (κ2) is 5.78. The van der Waals surface area contributed by atoms with Gasteiger partial charge in [0.1, 0.15) is 0 Å². The van der Waals surface area contributed by atoms with Gasteiger partial charge >= 0.3 is 0 Å². The molecule has 1 heterocycles. The molecule has 0 aliphatic carbocycles. The molecule has 5 nitrogen and oxygen atoms in total. The maximum absolute atomic E-state index is 12.4. The minimum atomic E-state index is -3.49. The van der Waals surface area contributed by atoms with Gasteiger partial charge in [0.2, 0.25) is 10.0 Å². The van der Waals surface area contributed by atoms with E-state index in [4.69, 9.17) is 0 Å². The van der Waals surface area contributed by atoms with Gasteiger partial charge in [0.25, 0.3) is 0 Å². The van der Waals surface area contributed by atoms with Gasteiger partial charge in [0.05, 0.1) is 4.90 Å². The number of anilines is 1. The number of hydrogen-bond donors (Lipinski definition) is 2. The van der Waals surface area contributed by atoms with E-state index in [1.54, 1.807) is 12.1 Å². The molecule has 0 aromatic heterocycles. The molecule has 0 amide bonds. The molecular weight excluding hydrogens is 330 g/mol. The highest BCUT2D eigenvalue weighted by Crippen LogP contribution is 2.26. The quantitative estimate of drug-likeness (QED) is 0.857. The number of hydrogen-bond acceptors (Lipinski definition) is 4. The zero-order valence-corrected chi connectivity index (χ0v) is 13.4. The van der Waals surface area contributed by atoms with Crippen LogP contribution in [0.4, 0.5) is 5.69 Å². The number of benzene rings is 1. The van der Waals surface area contributed by atoms with E-state index in [9.17, 15) is 8.42 Å². The van der Waals surface area contributed by atoms with Crippen LogP contribution in [0.1, 0.15) is 6.42 Å². The third-order valence-electron chi connectivity index (χ3n) is 3.10. The summed E-state index contributed by atoms with van der Waals surface area (Å²) in [6, 6.07) is 5.28. The summed E-state index contributed by atoms with van der Waals surface area (Å²) in [5.74, 6) is 0. The molecular formula is C12H18BrN3O2S. The summed E-state index contributed by atoms with van der Waals surface area (Å²) >= 11 is 3.31. The van der Waals surface area contributed by atoms with Crippen LogP contribution in [0.15, 0.2) is 27.6 Å². The van der Waals surface area contributed by atoms with Crippen molar-refractivity contribution in [1.29, 1.82) is 0 Å². The molecule has 1 fully saturated rings. The van der Waals surface area contributed by atoms with Crippen molar-refractivity contribution in [2.24, 2.45) is 0 Å². The Balaban J connectivity index is 2.30. The summed E-state index contributed by atoms with van der Waals surface area (Å²) < 4.78 is 28.1. The molecule has 2 rings (SSSR count). The van der Waals surface area contributed by atoms with Crippen LogP contribution in [0.2, 0.25) is 0 Å². The smallest absolute Gasteiger partial charge is 0.242 e. The predicted molar refractivity (Wildman–Crippen MR) is 80.1 cm³/mol. The summed E-state index contributed by atoms with van der Waals surface area (Å²) in [5.41, 5.74) is 0.855. The monoisotopic (exact) mass is 347 g/mol. The van der Waals surface area contributed by atoms with Crippen molar-refractivity contribution in [2.75, 3.05) is 32.1 Å². The van der Waals surface area contributed by atoms with Crippen molar-refractivity contribution in [1.82, 2.24) is 10.0 Å². The van der Waals surface area contributed by atoms with Crippen LogP contribution in [0.3, 0.4) is 0 Å². The van der Waals surface area contributed by atoms with Crippen LogP contribution in [-0.4, -0.2) is 41.6 Å². The average Bonchev–Trinajstić information content (AvgIpc) is 2.81. The molecule has 1 aromatic carbocycles. The molecule has 2 N–H and O–H groups in total. The van der Waals surface area contributed by atoms with E-state index in [-0.39, 0.29) is 10.9 Å². The first-order chi connectivity index (χ1) is 8.90. The van der Waals surface area contributed by atoms with E-state index >= 15 is 0 Å². The summed E-state index contributed by atoms with van der Waals surface area (Å²) in [7, 11) is 0.272. The normalized spacial score (nSPS) is 19.6. The Morgan fingerprint density at radius 3 is 2.74 bits per heavy atom. The second-order valence-corrected chi connectivity index (χ2v) is 7.36. The number of nitrogens with zero attached hydrogens (tertiary/aromatic N) is 1. The van der Waals surface area contributed by atoms with Crippen molar-refractivity contribution in [3.05, 3.63) is 22.7 Å². The van der Waals surface area contributed by atoms with Crippen LogP contribution in [-0.2, 0) is 10.0 Å². The van der Waals surface area contributed by atoms with Gasteiger partial charge in [-0.2, -0.15) is 0 Å². The Morgan fingerprint density at radius 1 is 1.42 bits per heavy atom. The molecule has 0 bridgehead atoms. The molecule has 7 heteroatoms. The fraction of sp³-hybridized carbons (Fsp3) is 0.500. The second-order valence-electron chi connectivity index (χ2n) is 4.82. The summed E-state index contributed by atoms with van der Waals surface area (Å²) in [6.07, 6.45) is 0.824. The largest absolute Gasteiger partial charge is 0.378 e. The number of halogens is 1. The van der Waals surface area contributed by atoms with Crippen LogP contribution in [0.5, 0.6) is 0 Å². The maximum atomic E-state index is 12.4. The lowest BCUT2D eigenvalue weighted by molar-refractivity contribution is 0.559. The molecule has 1 aliphatic heterocycles. The molecule has 1 aromatic rings. The van der Waals surface area contributed by atoms with E-state index in [0.717, 1.165) is 18.7 Å². The van der Waals surface area contributed by atoms with E-state index in [1.807, 2.05) is 25.1 Å². The lowest BCUT2D eigenvalue weighted by Gasteiger charge is -2.17. The highest BCUT2D eigenvalue weighted by molar-refractivity contribution is 9.10. The molecule has 1 aliphatic rings. The summed E-state index contributed by atoms with van der Waals surface area (Å²) in [6.45, 7) is 1.54. The lowest BCUT2D eigenvalue weighted by Crippen LogP contribution is -2.36. The Morgan fingerprint density at radius 2 is 2.16 bits per heavy atom. The fourth-order valence-electron chi connectivity index (χ4n) is 2.01. The van der Waals surface area contributed by atoms with Crippen LogP contribution in [0.25, 0.3) is 0 Å². The summed E-state index contributed by atoms with van der Waals surface area (Å²) in [4.78, 5) is 2.16. The van der Waals surface area contributed by atoms with Gasteiger partial charge < -0.3 is 10.2 Å². The van der Waals surface area contributed by atoms with Gasteiger partial charge in [-0.15, -0.1) is 0 Å². The van der Waals surface area contributed by atoms with Gasteiger partial charge in [-0.3, -0.25) is 0 Å². The SMILES string of the molecule is CN(C)c1ccc(Br)c(S(=O)(=O)N[C@H]2CCNC2)c1. The standard InChI is InChI=1S/C12H18BrN3O2S/c1-16(2)10-3-4-11(13)12(7-10)19(17,18)15-9-5-6-14-8-9/h3-4,7,9,14-15H,5-6,8H2,1-2H3/t9-/m0/s1. The first-order valence-corrected chi connectivity index (χ1v) is 8.38. The van der Waals surface area contributed by atoms with Crippen molar-refractivity contribution >= 4 is 31.6 Å². The van der Waals surface area contributed by atoms with Crippen molar-refractivity contribution in [3.8, 4) is 0 Å². The van der Waals surface area contributed by atoms with Gasteiger partial charge in [-0.25, -0.2) is 13.1 Å². The molecule has 106 valence electrons. The Bertz CT molecular complexity index is 554. The topological polar surface area (TPSA) is 61.4 Å². The van der Waals surface area contributed by atoms with Crippen molar-refractivity contribution in [3.63, 3.8) is 0 Å². The predicted octanol–water partition coefficient (Wildman–Crippen LogP) is 1.16. The molecule has 0 radical (unpaired) electrons. The van der Waals surface area contributed by atoms with Crippen LogP contribution < -0.4 is 14.9 Å². The summed E-state index contributed by atoms with van der Waals surface area (Å²) in [5, 5.41) is 3.14. The lowest BCUT2D eigenvalue weighted by atomic mass is 10.3. The molecule has 0 unspecified atom stereocenters. The molecule has 19 heavy (non-hydrogen) atoms. The maximum Gasteiger partial charge on any atom is 0.242 e. The molecule has 1 atom stereocenters. The zero-order valence-electron chi connectivity index (χ0n) is 11.0. The average molecular weight is 348 g/mol. The number of nitrogens with one attached hydrogen (secondary N) is 2. The highest BCUT2D eigenvalue weighted by atomic mass is 79.9. The van der Waals surface area contributed by atoms with Crippen LogP contribution >= 0.6 is 15.9 Å².